The number of hydrogen-bond donors (Lipinski definition) is 1. The Bertz CT molecular complexity index is 1200. The van der Waals surface area contributed by atoms with E-state index in [1.54, 1.807) is 11.3 Å². The number of thiophene rings is 1. The van der Waals surface area contributed by atoms with Crippen LogP contribution < -0.4 is 5.56 Å². The van der Waals surface area contributed by atoms with Crippen LogP contribution in [0, 0.1) is 19.8 Å². The van der Waals surface area contributed by atoms with E-state index in [0.717, 1.165) is 39.1 Å². The molecule has 1 N–H and O–H groups in total. The van der Waals surface area contributed by atoms with Crippen molar-refractivity contribution in [2.24, 2.45) is 5.92 Å². The Labute approximate surface area is 172 Å². The van der Waals surface area contributed by atoms with Crippen molar-refractivity contribution in [3.8, 4) is 11.4 Å². The number of aromatic nitrogens is 6. The summed E-state index contributed by atoms with van der Waals surface area (Å²) in [5.41, 5.74) is 3.11. The minimum absolute atomic E-state index is 0.0912. The van der Waals surface area contributed by atoms with Crippen molar-refractivity contribution in [3.63, 3.8) is 0 Å². The number of H-pyrrole nitrogens is 1. The van der Waals surface area contributed by atoms with Gasteiger partial charge in [-0.3, -0.25) is 4.79 Å². The fourth-order valence-electron chi connectivity index (χ4n) is 3.30. The minimum atomic E-state index is -0.0912. The molecule has 0 saturated heterocycles. The molecule has 1 aromatic carbocycles. The molecule has 0 unspecified atom stereocenters. The van der Waals surface area contributed by atoms with E-state index in [1.807, 2.05) is 31.2 Å². The molecular formula is C21H24N6OS. The summed E-state index contributed by atoms with van der Waals surface area (Å²) in [5.74, 6) is 1.62. The van der Waals surface area contributed by atoms with Crippen molar-refractivity contribution in [2.45, 2.75) is 47.1 Å². The molecule has 3 aromatic heterocycles. The van der Waals surface area contributed by atoms with Crippen LogP contribution in [0.5, 0.6) is 0 Å². The van der Waals surface area contributed by atoms with Crippen molar-refractivity contribution in [2.75, 3.05) is 0 Å². The van der Waals surface area contributed by atoms with Crippen LogP contribution in [0.3, 0.4) is 0 Å². The van der Waals surface area contributed by atoms with Crippen LogP contribution in [0.15, 0.2) is 29.1 Å². The summed E-state index contributed by atoms with van der Waals surface area (Å²) < 4.78 is 0. The van der Waals surface area contributed by atoms with E-state index in [-0.39, 0.29) is 12.1 Å². The van der Waals surface area contributed by atoms with E-state index in [1.165, 1.54) is 10.4 Å². The van der Waals surface area contributed by atoms with E-state index < -0.39 is 0 Å². The van der Waals surface area contributed by atoms with Gasteiger partial charge in [-0.1, -0.05) is 50.1 Å². The van der Waals surface area contributed by atoms with Gasteiger partial charge >= 0.3 is 0 Å². The molecule has 4 aromatic rings. The molecule has 150 valence electrons. The molecule has 3 heterocycles. The summed E-state index contributed by atoms with van der Waals surface area (Å²) in [6.07, 6.45) is 1.98. The van der Waals surface area contributed by atoms with Crippen LogP contribution in [0.25, 0.3) is 21.6 Å². The standard InChI is InChI=1S/C21H24N6OS/c1-5-12(2)10-16-14(4)29-21-18(16)20(28)22-17(23-21)11-27-25-19(24-26-27)15-8-6-13(3)7-9-15/h6-9,12H,5,10-11H2,1-4H3,(H,22,23,28)/t12-/m1/s1. The van der Waals surface area contributed by atoms with Crippen LogP contribution in [0.1, 0.15) is 42.1 Å². The van der Waals surface area contributed by atoms with Crippen molar-refractivity contribution in [3.05, 3.63) is 56.4 Å². The molecule has 0 fully saturated rings. The maximum Gasteiger partial charge on any atom is 0.259 e. The van der Waals surface area contributed by atoms with Crippen LogP contribution in [-0.2, 0) is 13.0 Å². The molecule has 0 saturated carbocycles. The molecule has 4 rings (SSSR count). The van der Waals surface area contributed by atoms with Crippen molar-refractivity contribution in [1.82, 2.24) is 30.2 Å². The number of nitrogens with one attached hydrogen (secondary N) is 1. The van der Waals surface area contributed by atoms with Gasteiger partial charge < -0.3 is 4.98 Å². The molecule has 8 heteroatoms. The third kappa shape index (κ3) is 3.98. The second-order valence-electron chi connectivity index (χ2n) is 7.56. The predicted octanol–water partition coefficient (Wildman–Crippen LogP) is 3.89. The SMILES string of the molecule is CC[C@@H](C)Cc1c(C)sc2nc(Cn3nnc(-c4ccc(C)cc4)n3)[nH]c(=O)c12. The first-order chi connectivity index (χ1) is 13.9. The van der Waals surface area contributed by atoms with E-state index >= 15 is 0 Å². The molecule has 0 aliphatic rings. The number of benzene rings is 1. The fourth-order valence-corrected chi connectivity index (χ4v) is 4.37. The average Bonchev–Trinajstić information content (AvgIpc) is 3.27. The topological polar surface area (TPSA) is 89.3 Å². The first-order valence-corrected chi connectivity index (χ1v) is 10.6. The van der Waals surface area contributed by atoms with Crippen molar-refractivity contribution in [1.29, 1.82) is 0 Å². The van der Waals surface area contributed by atoms with Crippen molar-refractivity contribution < 1.29 is 0 Å². The number of rotatable bonds is 6. The van der Waals surface area contributed by atoms with Gasteiger partial charge in [-0.15, -0.1) is 21.5 Å². The first kappa shape index (κ1) is 19.4. The molecule has 0 bridgehead atoms. The zero-order chi connectivity index (χ0) is 20.5. The molecule has 0 aliphatic heterocycles. The number of nitrogens with zero attached hydrogens (tertiary/aromatic N) is 5. The Morgan fingerprint density at radius 2 is 1.97 bits per heavy atom. The highest BCUT2D eigenvalue weighted by molar-refractivity contribution is 7.18. The Hall–Kier alpha value is -2.87. The van der Waals surface area contributed by atoms with Gasteiger partial charge in [-0.25, -0.2) is 4.98 Å². The van der Waals surface area contributed by atoms with Crippen molar-refractivity contribution >= 4 is 21.6 Å². The minimum Gasteiger partial charge on any atom is -0.308 e. The number of aryl methyl sites for hydroxylation is 2. The lowest BCUT2D eigenvalue weighted by atomic mass is 9.98. The molecule has 1 atom stereocenters. The maximum absolute atomic E-state index is 12.8. The van der Waals surface area contributed by atoms with Crippen LogP contribution in [0.4, 0.5) is 0 Å². The summed E-state index contributed by atoms with van der Waals surface area (Å²) in [6, 6.07) is 7.96. The normalized spacial score (nSPS) is 12.6. The lowest BCUT2D eigenvalue weighted by molar-refractivity contribution is 0.554. The summed E-state index contributed by atoms with van der Waals surface area (Å²) in [4.78, 5) is 23.8. The zero-order valence-electron chi connectivity index (χ0n) is 17.1. The largest absolute Gasteiger partial charge is 0.308 e. The Kier molecular flexibility index (Phi) is 5.27. The van der Waals surface area contributed by atoms with Crippen LogP contribution in [-0.4, -0.2) is 30.2 Å². The summed E-state index contributed by atoms with van der Waals surface area (Å²) >= 11 is 1.58. The lowest BCUT2D eigenvalue weighted by Gasteiger charge is -2.08. The number of tetrazole rings is 1. The third-order valence-electron chi connectivity index (χ3n) is 5.22. The summed E-state index contributed by atoms with van der Waals surface area (Å²) in [5, 5.41) is 13.4. The Morgan fingerprint density at radius 1 is 1.21 bits per heavy atom. The van der Waals surface area contributed by atoms with Gasteiger partial charge in [-0.2, -0.15) is 4.80 Å². The second-order valence-corrected chi connectivity index (χ2v) is 8.76. The highest BCUT2D eigenvalue weighted by Gasteiger charge is 2.17. The smallest absolute Gasteiger partial charge is 0.259 e. The van der Waals surface area contributed by atoms with E-state index in [0.29, 0.717) is 17.6 Å². The Balaban J connectivity index is 1.62. The van der Waals surface area contributed by atoms with Gasteiger partial charge in [0.15, 0.2) is 0 Å². The maximum atomic E-state index is 12.8. The number of aromatic amines is 1. The third-order valence-corrected chi connectivity index (χ3v) is 6.26. The molecule has 7 nitrogen and oxygen atoms in total. The Morgan fingerprint density at radius 3 is 2.69 bits per heavy atom. The second kappa shape index (κ2) is 7.87. The number of hydrogen-bond acceptors (Lipinski definition) is 6. The molecule has 0 aliphatic carbocycles. The monoisotopic (exact) mass is 408 g/mol. The summed E-state index contributed by atoms with van der Waals surface area (Å²) in [7, 11) is 0. The van der Waals surface area contributed by atoms with E-state index in [4.69, 9.17) is 0 Å². The fraction of sp³-hybridized carbons (Fsp3) is 0.381. The molecular weight excluding hydrogens is 384 g/mol. The summed E-state index contributed by atoms with van der Waals surface area (Å²) in [6.45, 7) is 8.75. The van der Waals surface area contributed by atoms with Gasteiger partial charge in [0.05, 0.1) is 5.39 Å². The zero-order valence-corrected chi connectivity index (χ0v) is 17.9. The molecule has 0 radical (unpaired) electrons. The molecule has 0 amide bonds. The highest BCUT2D eigenvalue weighted by atomic mass is 32.1. The highest BCUT2D eigenvalue weighted by Crippen LogP contribution is 2.29. The predicted molar refractivity (Wildman–Crippen MR) is 115 cm³/mol. The van der Waals surface area contributed by atoms with E-state index in [2.05, 4.69) is 46.1 Å². The first-order valence-electron chi connectivity index (χ1n) is 9.80. The van der Waals surface area contributed by atoms with Gasteiger partial charge in [0.2, 0.25) is 5.82 Å². The van der Waals surface area contributed by atoms with Gasteiger partial charge in [-0.05, 0) is 37.0 Å². The average molecular weight is 409 g/mol. The van der Waals surface area contributed by atoms with Gasteiger partial charge in [0.25, 0.3) is 5.56 Å². The van der Waals surface area contributed by atoms with Gasteiger partial charge in [0.1, 0.15) is 17.2 Å². The molecule has 0 spiro atoms. The molecule has 29 heavy (non-hydrogen) atoms. The van der Waals surface area contributed by atoms with Gasteiger partial charge in [0, 0.05) is 10.4 Å². The number of fused-ring (bicyclic) bond motifs is 1. The van der Waals surface area contributed by atoms with E-state index in [9.17, 15) is 4.79 Å². The van der Waals surface area contributed by atoms with Crippen LogP contribution >= 0.6 is 11.3 Å². The lowest BCUT2D eigenvalue weighted by Crippen LogP contribution is -2.16. The quantitative estimate of drug-likeness (QED) is 0.523. The van der Waals surface area contributed by atoms with Crippen LogP contribution in [0.2, 0.25) is 0 Å².